The van der Waals surface area contributed by atoms with E-state index in [-0.39, 0.29) is 34.4 Å². The quantitative estimate of drug-likeness (QED) is 0.769. The molecule has 1 saturated heterocycles. The molecule has 0 radical (unpaired) electrons. The fraction of sp³-hybridized carbons (Fsp3) is 0.368. The second kappa shape index (κ2) is 9.37. The average molecular weight is 419 g/mol. The van der Waals surface area contributed by atoms with Gasteiger partial charge in [-0.2, -0.15) is 0 Å². The Balaban J connectivity index is 1.65. The smallest absolute Gasteiger partial charge is 0.414 e. The normalized spacial score (nSPS) is 13.6. The van der Waals surface area contributed by atoms with Crippen molar-refractivity contribution in [3.63, 3.8) is 0 Å². The van der Waals surface area contributed by atoms with Crippen molar-refractivity contribution in [2.24, 2.45) is 0 Å². The number of anilines is 1. The van der Waals surface area contributed by atoms with Gasteiger partial charge in [-0.1, -0.05) is 0 Å². The second-order valence-electron chi connectivity index (χ2n) is 6.34. The summed E-state index contributed by atoms with van der Waals surface area (Å²) in [5, 5.41) is 6.56. The van der Waals surface area contributed by atoms with E-state index in [4.69, 9.17) is 4.42 Å². The summed E-state index contributed by atoms with van der Waals surface area (Å²) in [6.45, 7) is 3.10. The molecule has 0 saturated carbocycles. The van der Waals surface area contributed by atoms with E-state index in [2.05, 4.69) is 15.4 Å². The Hall–Kier alpha value is -3.14. The fourth-order valence-corrected chi connectivity index (χ4v) is 3.69. The monoisotopic (exact) mass is 419 g/mol. The number of hydrogen-bond acceptors (Lipinski definition) is 7. The molecule has 3 rings (SSSR count). The van der Waals surface area contributed by atoms with Gasteiger partial charge in [-0.05, 0) is 37.6 Å². The van der Waals surface area contributed by atoms with Gasteiger partial charge in [0.1, 0.15) is 11.3 Å². The van der Waals surface area contributed by atoms with Gasteiger partial charge in [0, 0.05) is 19.2 Å². The third kappa shape index (κ3) is 5.02. The Morgan fingerprint density at radius 2 is 1.93 bits per heavy atom. The number of alkyl carbamates (subject to hydrolysis) is 1. The van der Waals surface area contributed by atoms with Crippen molar-refractivity contribution in [3.05, 3.63) is 40.7 Å². The van der Waals surface area contributed by atoms with E-state index in [0.29, 0.717) is 13.1 Å². The minimum atomic E-state index is -0.864. The van der Waals surface area contributed by atoms with Crippen LogP contribution in [0.4, 0.5) is 9.80 Å². The van der Waals surface area contributed by atoms with Crippen molar-refractivity contribution in [3.8, 4) is 0 Å². The third-order valence-corrected chi connectivity index (χ3v) is 5.17. The van der Waals surface area contributed by atoms with E-state index in [1.54, 1.807) is 17.2 Å². The first-order valence-corrected chi connectivity index (χ1v) is 10.1. The number of piperidine rings is 1. The highest BCUT2D eigenvalue weighted by Gasteiger charge is 2.23. The molecule has 0 bridgehead atoms. The zero-order chi connectivity index (χ0) is 20.8. The Kier molecular flexibility index (Phi) is 6.65. The summed E-state index contributed by atoms with van der Waals surface area (Å²) in [6.07, 6.45) is 3.35. The SMILES string of the molecule is CCOC(=O)NC(=O)c1ccsc1NC(=O)c1coc(C(=O)N2CCCCC2)c1. The van der Waals surface area contributed by atoms with E-state index >= 15 is 0 Å². The molecule has 9 nitrogen and oxygen atoms in total. The lowest BCUT2D eigenvalue weighted by Gasteiger charge is -2.25. The lowest BCUT2D eigenvalue weighted by Crippen LogP contribution is -2.35. The number of likely N-dealkylation sites (tertiary alicyclic amines) is 1. The molecule has 1 aliphatic rings. The van der Waals surface area contributed by atoms with Gasteiger partial charge in [-0.25, -0.2) is 4.79 Å². The first kappa shape index (κ1) is 20.6. The molecule has 0 unspecified atom stereocenters. The molecule has 0 aromatic carbocycles. The number of carbonyl (C=O) groups excluding carboxylic acids is 4. The van der Waals surface area contributed by atoms with Gasteiger partial charge in [-0.3, -0.25) is 19.7 Å². The van der Waals surface area contributed by atoms with Crippen LogP contribution in [-0.4, -0.2) is 48.4 Å². The molecule has 1 aliphatic heterocycles. The molecule has 29 heavy (non-hydrogen) atoms. The number of amides is 4. The molecule has 154 valence electrons. The standard InChI is InChI=1S/C19H21N3O6S/c1-2-27-19(26)21-16(24)13-6-9-29-17(13)20-15(23)12-10-14(28-11-12)18(25)22-7-4-3-5-8-22/h6,9-11H,2-5,7-8H2,1H3,(H,20,23)(H,21,24,26). The van der Waals surface area contributed by atoms with Gasteiger partial charge in [0.25, 0.3) is 17.7 Å². The van der Waals surface area contributed by atoms with Crippen LogP contribution >= 0.6 is 11.3 Å². The molecule has 0 spiro atoms. The van der Waals surface area contributed by atoms with Gasteiger partial charge in [0.05, 0.1) is 17.7 Å². The number of carbonyl (C=O) groups is 4. The van der Waals surface area contributed by atoms with Crippen LogP contribution < -0.4 is 10.6 Å². The number of nitrogens with one attached hydrogen (secondary N) is 2. The van der Waals surface area contributed by atoms with Crippen molar-refractivity contribution in [1.29, 1.82) is 0 Å². The van der Waals surface area contributed by atoms with Gasteiger partial charge in [0.2, 0.25) is 0 Å². The molecular weight excluding hydrogens is 398 g/mol. The van der Waals surface area contributed by atoms with Gasteiger partial charge in [0.15, 0.2) is 5.76 Å². The lowest BCUT2D eigenvalue weighted by atomic mass is 10.1. The molecule has 2 aromatic heterocycles. The van der Waals surface area contributed by atoms with Crippen molar-refractivity contribution >= 4 is 40.2 Å². The Labute approximate surface area is 171 Å². The van der Waals surface area contributed by atoms with E-state index in [9.17, 15) is 19.2 Å². The van der Waals surface area contributed by atoms with Crippen molar-refractivity contribution in [2.75, 3.05) is 25.0 Å². The molecule has 3 heterocycles. The van der Waals surface area contributed by atoms with Crippen molar-refractivity contribution in [1.82, 2.24) is 10.2 Å². The highest BCUT2D eigenvalue weighted by Crippen LogP contribution is 2.24. The van der Waals surface area contributed by atoms with Gasteiger partial charge in [-0.15, -0.1) is 11.3 Å². The van der Waals surface area contributed by atoms with E-state index in [1.165, 1.54) is 18.4 Å². The third-order valence-electron chi connectivity index (χ3n) is 4.34. The summed E-state index contributed by atoms with van der Waals surface area (Å²) >= 11 is 1.13. The highest BCUT2D eigenvalue weighted by atomic mass is 32.1. The number of nitrogens with zero attached hydrogens (tertiary/aromatic N) is 1. The average Bonchev–Trinajstić information content (AvgIpc) is 3.38. The first-order chi connectivity index (χ1) is 14.0. The van der Waals surface area contributed by atoms with Crippen LogP contribution in [0.5, 0.6) is 0 Å². The van der Waals surface area contributed by atoms with Crippen LogP contribution in [0.15, 0.2) is 28.2 Å². The topological polar surface area (TPSA) is 118 Å². The first-order valence-electron chi connectivity index (χ1n) is 9.24. The number of ether oxygens (including phenoxy) is 1. The number of furan rings is 1. The van der Waals surface area contributed by atoms with Crippen LogP contribution in [0.1, 0.15) is 57.5 Å². The van der Waals surface area contributed by atoms with E-state index in [1.807, 2.05) is 0 Å². The second-order valence-corrected chi connectivity index (χ2v) is 7.26. The molecule has 2 aromatic rings. The zero-order valence-electron chi connectivity index (χ0n) is 15.9. The molecule has 1 fully saturated rings. The molecular formula is C19H21N3O6S. The van der Waals surface area contributed by atoms with Crippen LogP contribution in [0, 0.1) is 0 Å². The number of imide groups is 1. The predicted octanol–water partition coefficient (Wildman–Crippen LogP) is 3.11. The van der Waals surface area contributed by atoms with Crippen LogP contribution in [0.25, 0.3) is 0 Å². The van der Waals surface area contributed by atoms with Crippen LogP contribution in [-0.2, 0) is 4.74 Å². The number of rotatable bonds is 5. The predicted molar refractivity (Wildman–Crippen MR) is 105 cm³/mol. The fourth-order valence-electron chi connectivity index (χ4n) is 2.91. The maximum atomic E-state index is 12.5. The summed E-state index contributed by atoms with van der Waals surface area (Å²) in [4.78, 5) is 50.3. The Morgan fingerprint density at radius 3 is 2.66 bits per heavy atom. The largest absolute Gasteiger partial charge is 0.458 e. The Bertz CT molecular complexity index is 913. The van der Waals surface area contributed by atoms with Crippen LogP contribution in [0.3, 0.4) is 0 Å². The molecule has 0 aliphatic carbocycles. The van der Waals surface area contributed by atoms with Gasteiger partial charge < -0.3 is 19.4 Å². The lowest BCUT2D eigenvalue weighted by molar-refractivity contribution is 0.0691. The van der Waals surface area contributed by atoms with E-state index < -0.39 is 17.9 Å². The minimum absolute atomic E-state index is 0.100. The molecule has 4 amide bonds. The van der Waals surface area contributed by atoms with Crippen LogP contribution in [0.2, 0.25) is 0 Å². The van der Waals surface area contributed by atoms with Crippen molar-refractivity contribution in [2.45, 2.75) is 26.2 Å². The Morgan fingerprint density at radius 1 is 1.17 bits per heavy atom. The number of hydrogen-bond donors (Lipinski definition) is 2. The van der Waals surface area contributed by atoms with Gasteiger partial charge >= 0.3 is 6.09 Å². The molecule has 2 N–H and O–H groups in total. The maximum Gasteiger partial charge on any atom is 0.414 e. The molecule has 10 heteroatoms. The summed E-state index contributed by atoms with van der Waals surface area (Å²) in [5.41, 5.74) is 0.292. The van der Waals surface area contributed by atoms with Crippen molar-refractivity contribution < 1.29 is 28.3 Å². The number of thiophene rings is 1. The summed E-state index contributed by atoms with van der Waals surface area (Å²) in [5.74, 6) is -1.36. The highest BCUT2D eigenvalue weighted by molar-refractivity contribution is 7.14. The minimum Gasteiger partial charge on any atom is -0.458 e. The maximum absolute atomic E-state index is 12.5. The summed E-state index contributed by atoms with van der Waals surface area (Å²) in [7, 11) is 0. The zero-order valence-corrected chi connectivity index (χ0v) is 16.7. The molecule has 0 atom stereocenters. The van der Waals surface area contributed by atoms with E-state index in [0.717, 1.165) is 30.6 Å². The summed E-state index contributed by atoms with van der Waals surface area (Å²) in [6, 6.07) is 2.87. The summed E-state index contributed by atoms with van der Waals surface area (Å²) < 4.78 is 9.96.